The summed E-state index contributed by atoms with van der Waals surface area (Å²) < 4.78 is 40.7. The molecule has 0 fully saturated rings. The molecule has 0 N–H and O–H groups in total. The molecule has 0 aliphatic rings. The van der Waals surface area contributed by atoms with Gasteiger partial charge in [0.25, 0.3) is 0 Å². The van der Waals surface area contributed by atoms with E-state index in [4.69, 9.17) is 0 Å². The lowest BCUT2D eigenvalue weighted by Gasteiger charge is -2.03. The van der Waals surface area contributed by atoms with E-state index in [-0.39, 0.29) is 10.4 Å². The van der Waals surface area contributed by atoms with Crippen molar-refractivity contribution < 1.29 is 17.6 Å². The summed E-state index contributed by atoms with van der Waals surface area (Å²) in [7, 11) is 0. The van der Waals surface area contributed by atoms with Gasteiger partial charge in [-0.15, -0.1) is 17.9 Å². The Balaban J connectivity index is 2.69. The van der Waals surface area contributed by atoms with Crippen molar-refractivity contribution in [3.63, 3.8) is 0 Å². The van der Waals surface area contributed by atoms with E-state index in [0.29, 0.717) is 5.39 Å². The number of aromatic nitrogens is 2. The number of furan rings is 1. The van der Waals surface area contributed by atoms with Crippen molar-refractivity contribution in [1.29, 1.82) is 0 Å². The molecule has 12 heavy (non-hydrogen) atoms. The van der Waals surface area contributed by atoms with Gasteiger partial charge in [0.05, 0.1) is 17.8 Å². The van der Waals surface area contributed by atoms with E-state index in [9.17, 15) is 13.2 Å². The van der Waals surface area contributed by atoms with Crippen molar-refractivity contribution in [2.75, 3.05) is 0 Å². The van der Waals surface area contributed by atoms with E-state index < -0.39 is 6.30 Å². The minimum Gasteiger partial charge on any atom is -0.446 e. The topological polar surface area (TPSA) is 31.0 Å². The zero-order valence-corrected chi connectivity index (χ0v) is 5.67. The molecule has 0 radical (unpaired) electrons. The molecular weight excluding hydrogens is 173 g/mol. The summed E-state index contributed by atoms with van der Waals surface area (Å²) in [6.07, 6.45) is -2.22. The quantitative estimate of drug-likeness (QED) is 0.615. The monoisotopic (exact) mass is 176 g/mol. The summed E-state index contributed by atoms with van der Waals surface area (Å²) in [5.74, 6) is 0. The molecule has 3 nitrogen and oxygen atoms in total. The van der Waals surface area contributed by atoms with Crippen LogP contribution in [0.2, 0.25) is 0 Å². The molecular formula is C6H3F3N2O. The van der Waals surface area contributed by atoms with E-state index >= 15 is 0 Å². The van der Waals surface area contributed by atoms with Gasteiger partial charge in [-0.25, -0.2) is 0 Å². The minimum absolute atomic E-state index is 0.109. The molecule has 2 aromatic heterocycles. The SMILES string of the molecule is FC(F)(F)n1ncc2ccoc21. The van der Waals surface area contributed by atoms with Gasteiger partial charge < -0.3 is 4.42 Å². The lowest BCUT2D eigenvalue weighted by atomic mass is 10.5. The van der Waals surface area contributed by atoms with E-state index in [1.807, 2.05) is 0 Å². The molecule has 2 aromatic rings. The summed E-state index contributed by atoms with van der Waals surface area (Å²) in [6.45, 7) is 0. The number of halogens is 3. The Hall–Kier alpha value is -1.46. The fourth-order valence-corrected chi connectivity index (χ4v) is 0.935. The molecule has 2 heterocycles. The third-order valence-corrected chi connectivity index (χ3v) is 1.42. The Kier molecular flexibility index (Phi) is 1.22. The van der Waals surface area contributed by atoms with E-state index in [1.54, 1.807) is 0 Å². The van der Waals surface area contributed by atoms with Crippen LogP contribution in [0.4, 0.5) is 13.2 Å². The molecule has 0 amide bonds. The van der Waals surface area contributed by atoms with Gasteiger partial charge in [-0.3, -0.25) is 0 Å². The number of rotatable bonds is 0. The molecule has 0 atom stereocenters. The standard InChI is InChI=1S/C6H3F3N2O/c7-6(8,9)11-5-4(3-10-11)1-2-12-5/h1-3H. The third-order valence-electron chi connectivity index (χ3n) is 1.42. The number of alkyl halides is 3. The van der Waals surface area contributed by atoms with Crippen LogP contribution in [0.25, 0.3) is 11.1 Å². The lowest BCUT2D eigenvalue weighted by molar-refractivity contribution is -0.210. The summed E-state index contributed by atoms with van der Waals surface area (Å²) in [5, 5.41) is 3.46. The van der Waals surface area contributed by atoms with Gasteiger partial charge in [-0.05, 0) is 6.07 Å². The molecule has 0 aromatic carbocycles. The summed E-state index contributed by atoms with van der Waals surface area (Å²) >= 11 is 0. The first-order valence-electron chi connectivity index (χ1n) is 3.07. The highest BCUT2D eigenvalue weighted by Crippen LogP contribution is 2.26. The molecule has 6 heteroatoms. The van der Waals surface area contributed by atoms with Crippen LogP contribution in [0.15, 0.2) is 22.9 Å². The van der Waals surface area contributed by atoms with Crippen LogP contribution in [-0.4, -0.2) is 9.78 Å². The van der Waals surface area contributed by atoms with Crippen LogP contribution in [0, 0.1) is 0 Å². The summed E-state index contributed by atoms with van der Waals surface area (Å²) in [5.41, 5.74) is -0.275. The van der Waals surface area contributed by atoms with Gasteiger partial charge in [0.2, 0.25) is 5.71 Å². The average Bonchev–Trinajstić information content (AvgIpc) is 2.37. The molecule has 0 bridgehead atoms. The van der Waals surface area contributed by atoms with E-state index in [0.717, 1.165) is 6.20 Å². The van der Waals surface area contributed by atoms with Crippen LogP contribution >= 0.6 is 0 Å². The Morgan fingerprint density at radius 1 is 1.42 bits per heavy atom. The highest BCUT2D eigenvalue weighted by atomic mass is 19.4. The normalized spacial score (nSPS) is 12.6. The first-order chi connectivity index (χ1) is 5.59. The van der Waals surface area contributed by atoms with Gasteiger partial charge >= 0.3 is 6.30 Å². The maximum atomic E-state index is 12.1. The third kappa shape index (κ3) is 0.876. The van der Waals surface area contributed by atoms with Gasteiger partial charge in [0.15, 0.2) is 0 Å². The fraction of sp³-hybridized carbons (Fsp3) is 0.167. The number of hydrogen-bond donors (Lipinski definition) is 0. The average molecular weight is 176 g/mol. The molecule has 0 aliphatic carbocycles. The first kappa shape index (κ1) is 7.20. The van der Waals surface area contributed by atoms with Crippen LogP contribution < -0.4 is 0 Å². The molecule has 2 rings (SSSR count). The van der Waals surface area contributed by atoms with Crippen LogP contribution in [0.3, 0.4) is 0 Å². The van der Waals surface area contributed by atoms with E-state index in [2.05, 4.69) is 9.52 Å². The van der Waals surface area contributed by atoms with Gasteiger partial charge in [0, 0.05) is 0 Å². The van der Waals surface area contributed by atoms with Crippen molar-refractivity contribution in [1.82, 2.24) is 9.78 Å². The zero-order valence-electron chi connectivity index (χ0n) is 5.67. The maximum absolute atomic E-state index is 12.1. The second kappa shape index (κ2) is 2.02. The lowest BCUT2D eigenvalue weighted by Crippen LogP contribution is -2.17. The van der Waals surface area contributed by atoms with Crippen LogP contribution in [-0.2, 0) is 6.30 Å². The second-order valence-corrected chi connectivity index (χ2v) is 2.21. The van der Waals surface area contributed by atoms with Crippen LogP contribution in [0.1, 0.15) is 0 Å². The zero-order chi connectivity index (χ0) is 8.77. The summed E-state index contributed by atoms with van der Waals surface area (Å²) in [6, 6.07) is 1.42. The number of fused-ring (bicyclic) bond motifs is 1. The molecule has 0 saturated heterocycles. The largest absolute Gasteiger partial charge is 0.507 e. The fourth-order valence-electron chi connectivity index (χ4n) is 0.935. The Labute approximate surface area is 64.4 Å². The van der Waals surface area contributed by atoms with Crippen molar-refractivity contribution in [2.45, 2.75) is 6.30 Å². The maximum Gasteiger partial charge on any atom is 0.507 e. The minimum atomic E-state index is -4.51. The molecule has 0 saturated carbocycles. The second-order valence-electron chi connectivity index (χ2n) is 2.21. The Morgan fingerprint density at radius 3 is 2.83 bits per heavy atom. The van der Waals surface area contributed by atoms with E-state index in [1.165, 1.54) is 12.3 Å². The predicted octanol–water partition coefficient (Wildman–Crippen LogP) is 2.11. The first-order valence-corrected chi connectivity index (χ1v) is 3.07. The molecule has 64 valence electrons. The number of hydrogen-bond acceptors (Lipinski definition) is 2. The molecule has 0 aliphatic heterocycles. The highest BCUT2D eigenvalue weighted by molar-refractivity contribution is 5.72. The predicted molar refractivity (Wildman–Crippen MR) is 33.3 cm³/mol. The van der Waals surface area contributed by atoms with Crippen molar-refractivity contribution >= 4 is 11.1 Å². The smallest absolute Gasteiger partial charge is 0.446 e. The van der Waals surface area contributed by atoms with Crippen molar-refractivity contribution in [2.24, 2.45) is 0 Å². The molecule has 0 unspecified atom stereocenters. The Bertz CT molecular complexity index is 400. The van der Waals surface area contributed by atoms with Gasteiger partial charge in [-0.2, -0.15) is 5.10 Å². The van der Waals surface area contributed by atoms with Gasteiger partial charge in [-0.1, -0.05) is 0 Å². The van der Waals surface area contributed by atoms with Crippen molar-refractivity contribution in [3.8, 4) is 0 Å². The van der Waals surface area contributed by atoms with Crippen molar-refractivity contribution in [3.05, 3.63) is 18.5 Å². The highest BCUT2D eigenvalue weighted by Gasteiger charge is 2.34. The van der Waals surface area contributed by atoms with Crippen LogP contribution in [0.5, 0.6) is 0 Å². The molecule has 0 spiro atoms. The Morgan fingerprint density at radius 2 is 2.17 bits per heavy atom. The number of nitrogens with zero attached hydrogens (tertiary/aromatic N) is 2. The van der Waals surface area contributed by atoms with Gasteiger partial charge in [0.1, 0.15) is 0 Å². The summed E-state index contributed by atoms with van der Waals surface area (Å²) in [4.78, 5) is 0.